The van der Waals surface area contributed by atoms with Crippen LogP contribution >= 0.6 is 0 Å². The molecule has 0 radical (unpaired) electrons. The zero-order valence-corrected chi connectivity index (χ0v) is 11.1. The maximum atomic E-state index is 5.61. The van der Waals surface area contributed by atoms with Gasteiger partial charge in [0.1, 0.15) is 12.1 Å². The largest absolute Gasteiger partial charge is 0.475 e. The summed E-state index contributed by atoms with van der Waals surface area (Å²) in [7, 11) is 1.99. The summed E-state index contributed by atoms with van der Waals surface area (Å²) in [6, 6.07) is 1.85. The highest BCUT2D eigenvalue weighted by Gasteiger charge is 2.09. The average molecular weight is 238 g/mol. The van der Waals surface area contributed by atoms with Crippen molar-refractivity contribution in [3.63, 3.8) is 0 Å². The molecule has 17 heavy (non-hydrogen) atoms. The van der Waals surface area contributed by atoms with Crippen LogP contribution in [0.25, 0.3) is 0 Å². The SMILES string of the molecule is CC(CN)CN(C)c1cc(OC(C)C)ncn1. The van der Waals surface area contributed by atoms with Gasteiger partial charge in [-0.05, 0) is 26.3 Å². The van der Waals surface area contributed by atoms with Crippen molar-refractivity contribution in [1.29, 1.82) is 0 Å². The van der Waals surface area contributed by atoms with E-state index in [4.69, 9.17) is 10.5 Å². The van der Waals surface area contributed by atoms with E-state index in [1.165, 1.54) is 6.33 Å². The van der Waals surface area contributed by atoms with Gasteiger partial charge in [-0.25, -0.2) is 9.97 Å². The number of rotatable bonds is 6. The summed E-state index contributed by atoms with van der Waals surface area (Å²) >= 11 is 0. The van der Waals surface area contributed by atoms with Gasteiger partial charge in [-0.15, -0.1) is 0 Å². The maximum absolute atomic E-state index is 5.61. The zero-order chi connectivity index (χ0) is 12.8. The second-order valence-electron chi connectivity index (χ2n) is 4.60. The predicted octanol–water partition coefficient (Wildman–Crippen LogP) is 1.29. The quantitative estimate of drug-likeness (QED) is 0.809. The van der Waals surface area contributed by atoms with Crippen LogP contribution in [0, 0.1) is 5.92 Å². The smallest absolute Gasteiger partial charge is 0.218 e. The topological polar surface area (TPSA) is 64.3 Å². The minimum absolute atomic E-state index is 0.117. The second-order valence-corrected chi connectivity index (χ2v) is 4.60. The first-order valence-corrected chi connectivity index (χ1v) is 5.92. The van der Waals surface area contributed by atoms with Crippen LogP contribution in [0.5, 0.6) is 5.88 Å². The average Bonchev–Trinajstić information content (AvgIpc) is 2.28. The molecule has 1 heterocycles. The van der Waals surface area contributed by atoms with Crippen molar-refractivity contribution in [2.75, 3.05) is 25.0 Å². The Bertz CT molecular complexity index is 343. The van der Waals surface area contributed by atoms with Gasteiger partial charge in [0.05, 0.1) is 6.10 Å². The fourth-order valence-corrected chi connectivity index (χ4v) is 1.48. The van der Waals surface area contributed by atoms with E-state index in [2.05, 4.69) is 21.8 Å². The van der Waals surface area contributed by atoms with Crippen LogP contribution in [0.2, 0.25) is 0 Å². The van der Waals surface area contributed by atoms with E-state index in [0.717, 1.165) is 12.4 Å². The summed E-state index contributed by atoms with van der Waals surface area (Å²) < 4.78 is 5.53. The number of nitrogens with zero attached hydrogens (tertiary/aromatic N) is 3. The minimum atomic E-state index is 0.117. The van der Waals surface area contributed by atoms with Crippen molar-refractivity contribution in [1.82, 2.24) is 9.97 Å². The van der Waals surface area contributed by atoms with Gasteiger partial charge in [0, 0.05) is 19.7 Å². The summed E-state index contributed by atoms with van der Waals surface area (Å²) in [4.78, 5) is 10.4. The minimum Gasteiger partial charge on any atom is -0.475 e. The Balaban J connectivity index is 2.70. The molecule has 0 spiro atoms. The van der Waals surface area contributed by atoms with Crippen molar-refractivity contribution in [2.45, 2.75) is 26.9 Å². The molecule has 0 aromatic carbocycles. The van der Waals surface area contributed by atoms with Crippen LogP contribution in [0.15, 0.2) is 12.4 Å². The van der Waals surface area contributed by atoms with Gasteiger partial charge < -0.3 is 15.4 Å². The van der Waals surface area contributed by atoms with Gasteiger partial charge >= 0.3 is 0 Å². The van der Waals surface area contributed by atoms with Crippen LogP contribution in [-0.2, 0) is 0 Å². The fourth-order valence-electron chi connectivity index (χ4n) is 1.48. The van der Waals surface area contributed by atoms with Crippen molar-refractivity contribution in [2.24, 2.45) is 11.7 Å². The summed E-state index contributed by atoms with van der Waals surface area (Å²) in [5.41, 5.74) is 5.61. The van der Waals surface area contributed by atoms with Gasteiger partial charge in [-0.1, -0.05) is 6.92 Å². The molecule has 1 aromatic rings. The van der Waals surface area contributed by atoms with Crippen molar-refractivity contribution in [3.8, 4) is 5.88 Å². The lowest BCUT2D eigenvalue weighted by Gasteiger charge is -2.21. The van der Waals surface area contributed by atoms with Crippen LogP contribution in [0.4, 0.5) is 5.82 Å². The van der Waals surface area contributed by atoms with Gasteiger partial charge in [0.2, 0.25) is 5.88 Å². The maximum Gasteiger partial charge on any atom is 0.218 e. The number of anilines is 1. The Morgan fingerprint density at radius 3 is 2.65 bits per heavy atom. The molecule has 0 amide bonds. The third-order valence-corrected chi connectivity index (χ3v) is 2.36. The molecular weight excluding hydrogens is 216 g/mol. The molecule has 0 aliphatic rings. The highest BCUT2D eigenvalue weighted by atomic mass is 16.5. The molecule has 5 heteroatoms. The number of hydrogen-bond donors (Lipinski definition) is 1. The van der Waals surface area contributed by atoms with E-state index in [0.29, 0.717) is 18.3 Å². The molecule has 2 N–H and O–H groups in total. The molecule has 0 saturated carbocycles. The third-order valence-electron chi connectivity index (χ3n) is 2.36. The highest BCUT2D eigenvalue weighted by Crippen LogP contribution is 2.16. The molecule has 5 nitrogen and oxygen atoms in total. The Labute approximate surface area is 103 Å². The van der Waals surface area contributed by atoms with Gasteiger partial charge in [-0.2, -0.15) is 0 Å². The molecule has 0 aliphatic carbocycles. The Morgan fingerprint density at radius 1 is 1.35 bits per heavy atom. The molecule has 1 rings (SSSR count). The van der Waals surface area contributed by atoms with Crippen molar-refractivity contribution < 1.29 is 4.74 Å². The van der Waals surface area contributed by atoms with Crippen LogP contribution < -0.4 is 15.4 Å². The molecule has 0 bridgehead atoms. The summed E-state index contributed by atoms with van der Waals surface area (Å²) in [6.45, 7) is 7.60. The van der Waals surface area contributed by atoms with E-state index in [1.807, 2.05) is 27.0 Å². The lowest BCUT2D eigenvalue weighted by Crippen LogP contribution is -2.28. The molecule has 0 fully saturated rings. The molecular formula is C12H22N4O. The van der Waals surface area contributed by atoms with Crippen LogP contribution in [-0.4, -0.2) is 36.2 Å². The molecule has 1 unspecified atom stereocenters. The van der Waals surface area contributed by atoms with Gasteiger partial charge in [0.25, 0.3) is 0 Å². The summed E-state index contributed by atoms with van der Waals surface area (Å²) in [5.74, 6) is 1.90. The molecule has 1 atom stereocenters. The Morgan fingerprint density at radius 2 is 2.06 bits per heavy atom. The van der Waals surface area contributed by atoms with E-state index < -0.39 is 0 Å². The number of hydrogen-bond acceptors (Lipinski definition) is 5. The summed E-state index contributed by atoms with van der Waals surface area (Å²) in [5, 5.41) is 0. The zero-order valence-electron chi connectivity index (χ0n) is 11.1. The molecule has 0 aliphatic heterocycles. The first kappa shape index (κ1) is 13.7. The first-order valence-electron chi connectivity index (χ1n) is 5.92. The third kappa shape index (κ3) is 4.56. The summed E-state index contributed by atoms with van der Waals surface area (Å²) in [6.07, 6.45) is 1.64. The van der Waals surface area contributed by atoms with Crippen molar-refractivity contribution >= 4 is 5.82 Å². The molecule has 96 valence electrons. The van der Waals surface area contributed by atoms with Gasteiger partial charge in [-0.3, -0.25) is 0 Å². The molecule has 0 saturated heterocycles. The van der Waals surface area contributed by atoms with E-state index >= 15 is 0 Å². The predicted molar refractivity (Wildman–Crippen MR) is 69.3 cm³/mol. The number of nitrogens with two attached hydrogens (primary N) is 1. The lowest BCUT2D eigenvalue weighted by molar-refractivity contribution is 0.232. The van der Waals surface area contributed by atoms with Gasteiger partial charge in [0.15, 0.2) is 0 Å². The number of aromatic nitrogens is 2. The van der Waals surface area contributed by atoms with E-state index in [-0.39, 0.29) is 6.10 Å². The Kier molecular flexibility index (Phi) is 5.15. The van der Waals surface area contributed by atoms with Crippen LogP contribution in [0.1, 0.15) is 20.8 Å². The van der Waals surface area contributed by atoms with Crippen molar-refractivity contribution in [3.05, 3.63) is 12.4 Å². The van der Waals surface area contributed by atoms with E-state index in [1.54, 1.807) is 0 Å². The highest BCUT2D eigenvalue weighted by molar-refractivity contribution is 5.39. The standard InChI is InChI=1S/C12H22N4O/c1-9(2)17-12-5-11(14-8-15-12)16(4)7-10(3)6-13/h5,8-10H,6-7,13H2,1-4H3. The monoisotopic (exact) mass is 238 g/mol. The molecule has 1 aromatic heterocycles. The number of ether oxygens (including phenoxy) is 1. The fraction of sp³-hybridized carbons (Fsp3) is 0.667. The van der Waals surface area contributed by atoms with Crippen LogP contribution in [0.3, 0.4) is 0 Å². The second kappa shape index (κ2) is 6.39. The van der Waals surface area contributed by atoms with E-state index in [9.17, 15) is 0 Å². The Hall–Kier alpha value is -1.36. The lowest BCUT2D eigenvalue weighted by atomic mass is 10.2. The normalized spacial score (nSPS) is 12.6. The first-order chi connectivity index (χ1) is 8.02.